The summed E-state index contributed by atoms with van der Waals surface area (Å²) in [5, 5.41) is 3.63. The van der Waals surface area contributed by atoms with Crippen molar-refractivity contribution in [2.75, 3.05) is 70.0 Å². The number of fused-ring (bicyclic) bond motifs is 4. The summed E-state index contributed by atoms with van der Waals surface area (Å²) in [4.78, 5) is 25.7. The first-order chi connectivity index (χ1) is 49.0. The molecule has 0 amide bonds. The first-order valence-corrected chi connectivity index (χ1v) is 102. The van der Waals surface area contributed by atoms with Crippen molar-refractivity contribution in [1.82, 2.24) is 20.2 Å². The molecular weight excluding hydrogens is 2570 g/mol. The van der Waals surface area contributed by atoms with Gasteiger partial charge in [0.1, 0.15) is 24.5 Å². The van der Waals surface area contributed by atoms with Gasteiger partial charge < -0.3 is 29.4 Å². The molecule has 0 radical (unpaired) electrons. The van der Waals surface area contributed by atoms with Crippen molar-refractivity contribution in [3.63, 3.8) is 0 Å². The van der Waals surface area contributed by atoms with Crippen molar-refractivity contribution in [1.29, 1.82) is 0 Å². The third kappa shape index (κ3) is 67.5. The van der Waals surface area contributed by atoms with Crippen molar-refractivity contribution >= 4 is 581 Å². The highest BCUT2D eigenvalue weighted by Crippen LogP contribution is 2.32. The standard InChI is InChI=1S/C16H21N3O.C11H14IN3.C3H6O2.2CH4.ClH.S59/c1-3-13-4-7-16(17-10-13)18-11-14-5-6-15(12-18)19(14)8-9-20-2;12-8-1-4-11(13-5-8)15-6-9-2-3-10(7-15)14-9;1-5-3-2-4;;;;1-3-5-7-9-11-13-15-17-19-21-23-25-27-29-31-33-35-37-39-41-43-45-47-49-51-53-55-57-59-58-56-54-52-50-48-46-44-42-40-38-36-34-32-30-28-26-24-22-20-18-16-14-12-10-8-6-4-2/h1,4,7,10,14-15H,5-6,8-9,11-12H2,2H3;1,4-5,9-10,14H,2-3,6-7H2;2H,3H2,1H3;2*1H4;1H;. The van der Waals surface area contributed by atoms with Crippen LogP contribution in [0.4, 0.5) is 11.6 Å². The van der Waals surface area contributed by atoms with Crippen LogP contribution >= 0.6 is 35.0 Å². The number of pyridine rings is 2. The van der Waals surface area contributed by atoms with Gasteiger partial charge in [0.05, 0.1) is 6.61 Å². The Hall–Kier alpha value is 11.0. The Labute approximate surface area is 789 Å². The Morgan fingerprint density at radius 3 is 0.931 bits per heavy atom. The van der Waals surface area contributed by atoms with Gasteiger partial charge in [-0.25, -0.2) is 9.97 Å². The molecule has 4 unspecified atom stereocenters. The summed E-state index contributed by atoms with van der Waals surface area (Å²) >= 11 is 11.9. The molecule has 6 heterocycles. The molecule has 4 aliphatic heterocycles. The zero-order valence-electron chi connectivity index (χ0n) is 48.0. The Kier molecular flexibility index (Phi) is 97.8. The molecule has 70 heteroatoms. The lowest BCUT2D eigenvalue weighted by Crippen LogP contribution is -2.54. The lowest BCUT2D eigenvalue weighted by Gasteiger charge is -2.41. The third-order valence-electron chi connectivity index (χ3n) is 9.47. The van der Waals surface area contributed by atoms with Crippen molar-refractivity contribution in [2.24, 2.45) is 0 Å². The summed E-state index contributed by atoms with van der Waals surface area (Å²) in [6.45, 7) is 6.42. The lowest BCUT2D eigenvalue weighted by atomic mass is 10.2. The van der Waals surface area contributed by atoms with Gasteiger partial charge in [-0.05, 0) is 72.5 Å². The van der Waals surface area contributed by atoms with Gasteiger partial charge in [0.2, 0.25) is 0 Å². The molecule has 4 fully saturated rings. The Bertz CT molecular complexity index is 5690. The predicted molar refractivity (Wildman–Crippen MR) is 622 cm³/mol. The zero-order chi connectivity index (χ0) is 70.6. The summed E-state index contributed by atoms with van der Waals surface area (Å²) < 4.78 is 10.7. The van der Waals surface area contributed by atoms with E-state index < -0.39 is 0 Å². The molecule has 4 atom stereocenters. The molecule has 4 saturated heterocycles. The molecule has 1 N–H and O–H groups in total. The van der Waals surface area contributed by atoms with E-state index in [0.29, 0.717) is 30.5 Å². The maximum atomic E-state index is 9.28. The largest absolute Gasteiger partial charge is 0.383 e. The van der Waals surface area contributed by atoms with Crippen LogP contribution in [0.3, 0.4) is 0 Å². The fourth-order valence-corrected chi connectivity index (χ4v) is 158. The van der Waals surface area contributed by atoms with Gasteiger partial charge in [-0.2, -0.15) is 0 Å². The number of ether oxygens (including phenoxy) is 2. The monoisotopic (exact) mass is 2610 g/mol. The molecule has 9 nitrogen and oxygen atoms in total. The topological polar surface area (TPSA) is 83.1 Å². The number of terminal acetylenes is 1. The highest BCUT2D eigenvalue weighted by molar-refractivity contribution is 14.1. The van der Waals surface area contributed by atoms with E-state index in [2.05, 4.69) is 75.4 Å². The maximum Gasteiger partial charge on any atom is 0.145 e. The first-order valence-electron chi connectivity index (χ1n) is 23.7. The molecule has 2 aromatic rings. The fraction of sp³-hybridized carbons (Fsp3) is 0.594. The summed E-state index contributed by atoms with van der Waals surface area (Å²) in [5.41, 5.74) is 0.843. The second-order valence-electron chi connectivity index (χ2n) is 14.4. The molecule has 4 aliphatic rings. The molecule has 0 saturated carbocycles. The van der Waals surface area contributed by atoms with Gasteiger partial charge in [-0.3, -0.25) is 4.90 Å². The van der Waals surface area contributed by atoms with Crippen LogP contribution in [0, 0.1) is 15.9 Å². The molecule has 0 aliphatic carbocycles. The van der Waals surface area contributed by atoms with E-state index in [-0.39, 0.29) is 33.9 Å². The van der Waals surface area contributed by atoms with Crippen molar-refractivity contribution in [3.8, 4) is 12.3 Å². The number of aldehydes is 1. The number of rotatable bonds is 7. The highest BCUT2D eigenvalue weighted by atomic mass is 127. The predicted octanol–water partition coefficient (Wildman–Crippen LogP) is 4.37. The quantitative estimate of drug-likeness (QED) is 0.244. The second-order valence-corrected chi connectivity index (χ2v) is 117. The third-order valence-corrected chi connectivity index (χ3v) is 135. The number of anilines is 2. The summed E-state index contributed by atoms with van der Waals surface area (Å²) in [7, 11) is 105. The van der Waals surface area contributed by atoms with Crippen LogP contribution in [0.5, 0.6) is 0 Å². The van der Waals surface area contributed by atoms with Crippen LogP contribution in [0.2, 0.25) is 0 Å². The molecule has 0 spiro atoms. The average molecular weight is 2620 g/mol. The minimum Gasteiger partial charge on any atom is -0.383 e. The normalized spacial score (nSPS) is 14.3. The van der Waals surface area contributed by atoms with Crippen molar-refractivity contribution in [3.05, 3.63) is 45.8 Å². The second kappa shape index (κ2) is 88.3. The fourth-order valence-electron chi connectivity index (χ4n) is 6.63. The molecule has 594 valence electrons. The number of hydrogen-bond acceptors (Lipinski definition) is 11. The van der Waals surface area contributed by atoms with E-state index in [9.17, 15) is 4.79 Å². The van der Waals surface area contributed by atoms with Gasteiger partial charge in [-0.1, -0.05) is 20.8 Å². The van der Waals surface area contributed by atoms with Crippen molar-refractivity contribution in [2.45, 2.75) is 64.7 Å². The van der Waals surface area contributed by atoms with Gasteiger partial charge >= 0.3 is 0 Å². The average Bonchev–Trinajstić information content (AvgIpc) is 1.63. The number of halogens is 2. The Morgan fingerprint density at radius 1 is 0.441 bits per heavy atom. The molecule has 4 bridgehead atoms. The molecule has 102 heavy (non-hydrogen) atoms. The van der Waals surface area contributed by atoms with Gasteiger partial charge in [0.15, 0.2) is 0 Å². The summed E-state index contributed by atoms with van der Waals surface area (Å²) in [6.07, 6.45) is 15.0. The lowest BCUT2D eigenvalue weighted by molar-refractivity contribution is -0.110. The molecule has 6 rings (SSSR count). The minimum absolute atomic E-state index is 0. The Balaban J connectivity index is 0.00000187. The number of carbonyl (C=O) groups excluding carboxylic acids is 1. The smallest absolute Gasteiger partial charge is 0.145 e. The number of nitrogens with zero attached hydrogens (tertiary/aromatic N) is 5. The van der Waals surface area contributed by atoms with Crippen LogP contribution in [-0.4, -0.2) is 105 Å². The van der Waals surface area contributed by atoms with E-state index in [1.165, 1.54) is 54.1 Å². The van der Waals surface area contributed by atoms with Crippen LogP contribution in [0.1, 0.15) is 46.1 Å². The van der Waals surface area contributed by atoms with E-state index in [0.717, 1.165) is 56.5 Å². The van der Waals surface area contributed by atoms with E-state index >= 15 is 0 Å². The van der Waals surface area contributed by atoms with Gasteiger partial charge in [0, 0.05) is 621 Å². The highest BCUT2D eigenvalue weighted by Gasteiger charge is 2.39. The zero-order valence-corrected chi connectivity index (χ0v) is 99.2. The SMILES string of the molecule is C.C.C#Cc1ccc(N2CC3CCC(C2)N3CCOC)nc1.COCC=O.Cl.Ic1ccc(N2CC3CCC(C2)N3)nc1.S=S=S=S=S=S=S=S=S=S=S=S=S=S=S=S=S=S=S=S=S=S=S=S=S=S=S=S=S=S=S=S=S=S=S=S=S=S=S=S=S=S=S=S=S=S=S=S=S=S=S=S=S=S=S=S=S=S=S. The van der Waals surface area contributed by atoms with E-state index in [1.54, 1.807) is 120 Å². The first kappa shape index (κ1) is 113. The summed E-state index contributed by atoms with van der Waals surface area (Å²) in [6, 6.07) is 10.9. The molecule has 0 aromatic carbocycles. The molecular formula is C32H50ClIN6O3S59. The number of piperazine rings is 2. The van der Waals surface area contributed by atoms with Crippen LogP contribution in [-0.2, 0) is 543 Å². The van der Waals surface area contributed by atoms with Crippen LogP contribution in [0.25, 0.3) is 0 Å². The summed E-state index contributed by atoms with van der Waals surface area (Å²) in [5.74, 6) is 4.80. The number of carbonyl (C=O) groups is 1. The number of nitrogens with one attached hydrogen (secondary N) is 1. The van der Waals surface area contributed by atoms with Crippen molar-refractivity contribution < 1.29 is 14.3 Å². The number of aromatic nitrogens is 2. The van der Waals surface area contributed by atoms with E-state index in [4.69, 9.17) is 33.5 Å². The van der Waals surface area contributed by atoms with Crippen LogP contribution < -0.4 is 15.1 Å². The Morgan fingerprint density at radius 2 is 0.716 bits per heavy atom. The number of hydrogen-bond donors (Lipinski definition) is 1. The minimum atomic E-state index is 0. The maximum absolute atomic E-state index is 9.28. The van der Waals surface area contributed by atoms with Crippen LogP contribution in [0.15, 0.2) is 36.7 Å². The van der Waals surface area contributed by atoms with E-state index in [1.807, 2.05) is 400 Å². The van der Waals surface area contributed by atoms with Gasteiger partial charge in [0.25, 0.3) is 0 Å². The number of methoxy groups -OCH3 is 2. The molecule has 2 aromatic heterocycles. The van der Waals surface area contributed by atoms with Gasteiger partial charge in [-0.15, -0.1) is 18.8 Å².